The molecular weight excluding hydrogens is 349 g/mol. The van der Waals surface area contributed by atoms with Crippen molar-refractivity contribution in [2.24, 2.45) is 0 Å². The molecule has 0 aliphatic carbocycles. The first-order valence-electron chi connectivity index (χ1n) is 7.36. The highest BCUT2D eigenvalue weighted by molar-refractivity contribution is 6.43. The number of carbonyl (C=O) groups is 1. The Balaban J connectivity index is 2.16. The number of nitrogens with zero attached hydrogens (tertiary/aromatic N) is 3. The van der Waals surface area contributed by atoms with Crippen LogP contribution in [0.15, 0.2) is 24.3 Å². The Hall–Kier alpha value is -1.89. The normalized spacial score (nSPS) is 10.8. The van der Waals surface area contributed by atoms with Crippen molar-refractivity contribution in [3.05, 3.63) is 45.8 Å². The molecule has 2 aromatic rings. The molecule has 8 heteroatoms. The maximum Gasteiger partial charge on any atom is 0.270 e. The molecule has 1 aromatic heterocycles. The molecule has 0 radical (unpaired) electrons. The molecule has 0 atom stereocenters. The molecule has 0 fully saturated rings. The van der Waals surface area contributed by atoms with Gasteiger partial charge in [0, 0.05) is 19.2 Å². The molecule has 0 bridgehead atoms. The lowest BCUT2D eigenvalue weighted by Gasteiger charge is -2.12. The highest BCUT2D eigenvalue weighted by atomic mass is 35.5. The summed E-state index contributed by atoms with van der Waals surface area (Å²) in [6.45, 7) is 3.01. The van der Waals surface area contributed by atoms with E-state index < -0.39 is 0 Å². The van der Waals surface area contributed by atoms with Crippen LogP contribution in [0.2, 0.25) is 10.0 Å². The van der Waals surface area contributed by atoms with Crippen LogP contribution in [0.25, 0.3) is 0 Å². The summed E-state index contributed by atoms with van der Waals surface area (Å²) in [5.74, 6) is 0.711. The third kappa shape index (κ3) is 5.06. The maximum absolute atomic E-state index is 12.2. The van der Waals surface area contributed by atoms with Gasteiger partial charge < -0.3 is 15.5 Å². The zero-order valence-electron chi connectivity index (χ0n) is 13.7. The van der Waals surface area contributed by atoms with E-state index in [1.807, 2.05) is 19.0 Å². The molecule has 1 aromatic carbocycles. The number of benzene rings is 1. The van der Waals surface area contributed by atoms with Crippen molar-refractivity contribution in [2.45, 2.75) is 6.92 Å². The second kappa shape index (κ2) is 8.28. The van der Waals surface area contributed by atoms with Gasteiger partial charge in [-0.2, -0.15) is 0 Å². The summed E-state index contributed by atoms with van der Waals surface area (Å²) >= 11 is 12.2. The average Bonchev–Trinajstić information content (AvgIpc) is 2.51. The highest BCUT2D eigenvalue weighted by Crippen LogP contribution is 2.31. The summed E-state index contributed by atoms with van der Waals surface area (Å²) in [7, 11) is 3.88. The first-order chi connectivity index (χ1) is 11.4. The Morgan fingerprint density at radius 3 is 2.71 bits per heavy atom. The van der Waals surface area contributed by atoms with Gasteiger partial charge in [0.2, 0.25) is 0 Å². The molecular formula is C16H19Cl2N5O. The lowest BCUT2D eigenvalue weighted by molar-refractivity contribution is 0.0945. The van der Waals surface area contributed by atoms with Crippen LogP contribution in [0, 0.1) is 6.92 Å². The molecule has 0 aliphatic heterocycles. The van der Waals surface area contributed by atoms with Crippen LogP contribution in [0.5, 0.6) is 0 Å². The lowest BCUT2D eigenvalue weighted by Crippen LogP contribution is -2.32. The second-order valence-corrected chi connectivity index (χ2v) is 6.26. The number of rotatable bonds is 6. The quantitative estimate of drug-likeness (QED) is 0.820. The molecule has 1 heterocycles. The van der Waals surface area contributed by atoms with Gasteiger partial charge in [0.1, 0.15) is 17.3 Å². The topological polar surface area (TPSA) is 70.2 Å². The average molecular weight is 368 g/mol. The molecule has 0 spiro atoms. The molecule has 0 unspecified atom stereocenters. The second-order valence-electron chi connectivity index (χ2n) is 5.47. The van der Waals surface area contributed by atoms with Crippen molar-refractivity contribution >= 4 is 40.6 Å². The van der Waals surface area contributed by atoms with E-state index >= 15 is 0 Å². The Morgan fingerprint density at radius 2 is 2.00 bits per heavy atom. The van der Waals surface area contributed by atoms with Gasteiger partial charge >= 0.3 is 0 Å². The van der Waals surface area contributed by atoms with E-state index in [1.54, 1.807) is 31.2 Å². The molecule has 0 aliphatic rings. The van der Waals surface area contributed by atoms with Gasteiger partial charge in [0.05, 0.1) is 15.7 Å². The Morgan fingerprint density at radius 1 is 1.25 bits per heavy atom. The predicted molar refractivity (Wildman–Crippen MR) is 97.4 cm³/mol. The number of aromatic nitrogens is 2. The first-order valence-corrected chi connectivity index (χ1v) is 8.12. The van der Waals surface area contributed by atoms with Crippen LogP contribution in [-0.2, 0) is 0 Å². The van der Waals surface area contributed by atoms with E-state index in [0.717, 1.165) is 6.54 Å². The minimum Gasteiger partial charge on any atom is -0.349 e. The predicted octanol–water partition coefficient (Wildman–Crippen LogP) is 3.13. The van der Waals surface area contributed by atoms with Gasteiger partial charge in [-0.3, -0.25) is 4.79 Å². The number of halogens is 2. The van der Waals surface area contributed by atoms with Crippen LogP contribution in [-0.4, -0.2) is 48.0 Å². The van der Waals surface area contributed by atoms with Crippen LogP contribution in [0.3, 0.4) is 0 Å². The molecule has 24 heavy (non-hydrogen) atoms. The summed E-state index contributed by atoms with van der Waals surface area (Å²) < 4.78 is 0. The standard InChI is InChI=1S/C16H19Cl2N5O/c1-10-20-13(16(24)19-7-8-23(2)3)9-14(21-10)22-12-6-4-5-11(17)15(12)18/h4-6,9H,7-8H2,1-3H3,(H,19,24)(H,20,21,22). The number of nitrogens with one attached hydrogen (secondary N) is 2. The smallest absolute Gasteiger partial charge is 0.270 e. The van der Waals surface area contributed by atoms with Crippen LogP contribution in [0.4, 0.5) is 11.5 Å². The Bertz CT molecular complexity index is 736. The van der Waals surface area contributed by atoms with E-state index in [0.29, 0.717) is 39.6 Å². The third-order valence-electron chi connectivity index (χ3n) is 3.13. The Kier molecular flexibility index (Phi) is 6.36. The van der Waals surface area contributed by atoms with Gasteiger partial charge in [-0.25, -0.2) is 9.97 Å². The van der Waals surface area contributed by atoms with Gasteiger partial charge in [0.25, 0.3) is 5.91 Å². The first kappa shape index (κ1) is 18.4. The number of likely N-dealkylation sites (N-methyl/N-ethyl adjacent to an activating group) is 1. The number of carbonyl (C=O) groups excluding carboxylic acids is 1. The Labute approximate surface area is 151 Å². The summed E-state index contributed by atoms with van der Waals surface area (Å²) in [6.07, 6.45) is 0. The number of anilines is 2. The molecule has 6 nitrogen and oxygen atoms in total. The zero-order valence-corrected chi connectivity index (χ0v) is 15.2. The third-order valence-corrected chi connectivity index (χ3v) is 3.95. The van der Waals surface area contributed by atoms with Crippen molar-refractivity contribution in [1.29, 1.82) is 0 Å². The minimum atomic E-state index is -0.248. The molecule has 0 saturated carbocycles. The molecule has 2 N–H and O–H groups in total. The van der Waals surface area contributed by atoms with Crippen molar-refractivity contribution in [3.8, 4) is 0 Å². The van der Waals surface area contributed by atoms with Crippen LogP contribution >= 0.6 is 23.2 Å². The fourth-order valence-electron chi connectivity index (χ4n) is 1.97. The monoisotopic (exact) mass is 367 g/mol. The van der Waals surface area contributed by atoms with E-state index in [1.165, 1.54) is 0 Å². The summed E-state index contributed by atoms with van der Waals surface area (Å²) in [5, 5.41) is 6.73. The van der Waals surface area contributed by atoms with Gasteiger partial charge in [-0.05, 0) is 33.2 Å². The molecule has 1 amide bonds. The van der Waals surface area contributed by atoms with E-state index in [4.69, 9.17) is 23.2 Å². The number of amides is 1. The van der Waals surface area contributed by atoms with Crippen LogP contribution < -0.4 is 10.6 Å². The van der Waals surface area contributed by atoms with Crippen LogP contribution in [0.1, 0.15) is 16.3 Å². The van der Waals surface area contributed by atoms with E-state index in [2.05, 4.69) is 20.6 Å². The summed E-state index contributed by atoms with van der Waals surface area (Å²) in [5.41, 5.74) is 0.906. The lowest BCUT2D eigenvalue weighted by atomic mass is 10.3. The summed E-state index contributed by atoms with van der Waals surface area (Å²) in [4.78, 5) is 22.7. The van der Waals surface area contributed by atoms with Crippen molar-refractivity contribution in [3.63, 3.8) is 0 Å². The van der Waals surface area contributed by atoms with E-state index in [9.17, 15) is 4.79 Å². The largest absolute Gasteiger partial charge is 0.349 e. The fraction of sp³-hybridized carbons (Fsp3) is 0.312. The molecule has 2 rings (SSSR count). The SMILES string of the molecule is Cc1nc(Nc2cccc(Cl)c2Cl)cc(C(=O)NCCN(C)C)n1. The van der Waals surface area contributed by atoms with E-state index in [-0.39, 0.29) is 5.91 Å². The molecule has 128 valence electrons. The van der Waals surface area contributed by atoms with Gasteiger partial charge in [0.15, 0.2) is 0 Å². The molecule has 0 saturated heterocycles. The van der Waals surface area contributed by atoms with Gasteiger partial charge in [-0.15, -0.1) is 0 Å². The zero-order chi connectivity index (χ0) is 17.7. The van der Waals surface area contributed by atoms with Gasteiger partial charge in [-0.1, -0.05) is 29.3 Å². The number of hydrogen-bond acceptors (Lipinski definition) is 5. The summed E-state index contributed by atoms with van der Waals surface area (Å²) in [6, 6.07) is 6.83. The minimum absolute atomic E-state index is 0.248. The number of hydrogen-bond donors (Lipinski definition) is 2. The van der Waals surface area contributed by atoms with Crippen molar-refractivity contribution in [2.75, 3.05) is 32.5 Å². The maximum atomic E-state index is 12.2. The highest BCUT2D eigenvalue weighted by Gasteiger charge is 2.12. The fourth-order valence-corrected chi connectivity index (χ4v) is 2.32. The van der Waals surface area contributed by atoms with Crippen molar-refractivity contribution in [1.82, 2.24) is 20.2 Å². The number of aryl methyl sites for hydroxylation is 1. The van der Waals surface area contributed by atoms with Crippen molar-refractivity contribution < 1.29 is 4.79 Å².